The largest absolute Gasteiger partial charge is 0.480 e. The Morgan fingerprint density at radius 3 is 2.30 bits per heavy atom. The molecule has 0 aliphatic carbocycles. The smallest absolute Gasteiger partial charge is 0.335 e. The maximum atomic E-state index is 11.7. The number of aromatic carboxylic acids is 1. The summed E-state index contributed by atoms with van der Waals surface area (Å²) in [7, 11) is 0. The fourth-order valence-corrected chi connectivity index (χ4v) is 1.55. The molecule has 1 aromatic rings. The zero-order chi connectivity index (χ0) is 15.3. The van der Waals surface area contributed by atoms with E-state index in [1.165, 1.54) is 24.3 Å². The molecule has 0 fully saturated rings. The van der Waals surface area contributed by atoms with E-state index in [9.17, 15) is 14.4 Å². The first-order valence-electron chi connectivity index (χ1n) is 5.95. The average molecular weight is 280 g/mol. The maximum absolute atomic E-state index is 11.7. The Kier molecular flexibility index (Phi) is 5.08. The Morgan fingerprint density at radius 1 is 1.15 bits per heavy atom. The van der Waals surface area contributed by atoms with E-state index < -0.39 is 24.0 Å². The number of benzene rings is 1. The minimum absolute atomic E-state index is 0.0291. The summed E-state index contributed by atoms with van der Waals surface area (Å²) in [6, 6.07) is 3.95. The van der Waals surface area contributed by atoms with E-state index in [0.29, 0.717) is 0 Å². The number of hydrogen-bond acceptors (Lipinski definition) is 3. The van der Waals surface area contributed by atoms with Crippen molar-refractivity contribution in [1.82, 2.24) is 5.32 Å². The number of carboxylic acid groups (broad SMARTS) is 2. The van der Waals surface area contributed by atoms with Crippen LogP contribution >= 0.6 is 0 Å². The van der Waals surface area contributed by atoms with Crippen LogP contribution in [0.4, 0.5) is 10.5 Å². The molecule has 2 amide bonds. The van der Waals surface area contributed by atoms with Gasteiger partial charge in [-0.1, -0.05) is 19.9 Å². The molecular formula is C13H16N2O5. The van der Waals surface area contributed by atoms with Gasteiger partial charge in [-0.05, 0) is 24.1 Å². The van der Waals surface area contributed by atoms with E-state index in [1.54, 1.807) is 13.8 Å². The van der Waals surface area contributed by atoms with Crippen LogP contribution in [0.2, 0.25) is 0 Å². The number of carbonyl (C=O) groups excluding carboxylic acids is 1. The lowest BCUT2D eigenvalue weighted by Gasteiger charge is -2.18. The first kappa shape index (κ1) is 15.5. The van der Waals surface area contributed by atoms with Gasteiger partial charge in [0.2, 0.25) is 0 Å². The summed E-state index contributed by atoms with van der Waals surface area (Å²) >= 11 is 0. The van der Waals surface area contributed by atoms with Gasteiger partial charge in [0.1, 0.15) is 6.04 Å². The minimum atomic E-state index is -1.13. The molecule has 7 heteroatoms. The van der Waals surface area contributed by atoms with Crippen LogP contribution in [0.1, 0.15) is 24.2 Å². The van der Waals surface area contributed by atoms with Crippen LogP contribution < -0.4 is 10.6 Å². The van der Waals surface area contributed by atoms with Gasteiger partial charge >= 0.3 is 18.0 Å². The van der Waals surface area contributed by atoms with Gasteiger partial charge in [0.25, 0.3) is 0 Å². The van der Waals surface area contributed by atoms with Crippen LogP contribution in [0.3, 0.4) is 0 Å². The molecule has 1 unspecified atom stereocenters. The number of nitrogens with one attached hydrogen (secondary N) is 2. The lowest BCUT2D eigenvalue weighted by molar-refractivity contribution is -0.140. The fourth-order valence-electron chi connectivity index (χ4n) is 1.55. The van der Waals surface area contributed by atoms with Crippen molar-refractivity contribution in [2.75, 3.05) is 5.32 Å². The summed E-state index contributed by atoms with van der Waals surface area (Å²) in [5, 5.41) is 22.5. The molecule has 1 aromatic carbocycles. The van der Waals surface area contributed by atoms with Crippen molar-refractivity contribution in [1.29, 1.82) is 0 Å². The molecule has 0 bridgehead atoms. The highest BCUT2D eigenvalue weighted by Crippen LogP contribution is 2.11. The molecule has 7 nitrogen and oxygen atoms in total. The summed E-state index contributed by atoms with van der Waals surface area (Å²) in [4.78, 5) is 33.4. The zero-order valence-electron chi connectivity index (χ0n) is 11.1. The zero-order valence-corrected chi connectivity index (χ0v) is 11.1. The van der Waals surface area contributed by atoms with Crippen LogP contribution in [0.15, 0.2) is 24.3 Å². The minimum Gasteiger partial charge on any atom is -0.480 e. The number of amides is 2. The van der Waals surface area contributed by atoms with Crippen molar-refractivity contribution in [2.24, 2.45) is 5.92 Å². The van der Waals surface area contributed by atoms with Gasteiger partial charge in [0.05, 0.1) is 5.56 Å². The Morgan fingerprint density at radius 2 is 1.80 bits per heavy atom. The molecule has 4 N–H and O–H groups in total. The second-order valence-electron chi connectivity index (χ2n) is 4.54. The van der Waals surface area contributed by atoms with Crippen LogP contribution in [0.25, 0.3) is 0 Å². The number of aliphatic carboxylic acids is 1. The van der Waals surface area contributed by atoms with Crippen LogP contribution in [-0.2, 0) is 4.79 Å². The van der Waals surface area contributed by atoms with E-state index in [4.69, 9.17) is 10.2 Å². The summed E-state index contributed by atoms with van der Waals surface area (Å²) in [6.45, 7) is 3.34. The summed E-state index contributed by atoms with van der Waals surface area (Å²) in [5.41, 5.74) is 0.303. The molecule has 0 saturated heterocycles. The average Bonchev–Trinajstić information content (AvgIpc) is 2.35. The van der Waals surface area contributed by atoms with Crippen LogP contribution in [0.5, 0.6) is 0 Å². The summed E-state index contributed by atoms with van der Waals surface area (Å²) in [6.07, 6.45) is 0. The van der Waals surface area contributed by atoms with Gasteiger partial charge in [0.15, 0.2) is 0 Å². The predicted octanol–water partition coefficient (Wildman–Crippen LogP) is 1.62. The highest BCUT2D eigenvalue weighted by Gasteiger charge is 2.23. The quantitative estimate of drug-likeness (QED) is 0.654. The molecule has 1 rings (SSSR count). The van der Waals surface area contributed by atoms with Gasteiger partial charge in [-0.3, -0.25) is 0 Å². The van der Waals surface area contributed by atoms with Crippen molar-refractivity contribution in [3.8, 4) is 0 Å². The van der Waals surface area contributed by atoms with Gasteiger partial charge < -0.3 is 20.8 Å². The third-order valence-electron chi connectivity index (χ3n) is 2.59. The van der Waals surface area contributed by atoms with Crippen molar-refractivity contribution in [2.45, 2.75) is 19.9 Å². The number of urea groups is 1. The SMILES string of the molecule is CC(C)C(NC(=O)Nc1cccc(C(=O)O)c1)C(=O)O. The van der Waals surface area contributed by atoms with Crippen molar-refractivity contribution >= 4 is 23.7 Å². The Bertz CT molecular complexity index is 527. The van der Waals surface area contributed by atoms with Crippen LogP contribution in [-0.4, -0.2) is 34.2 Å². The standard InChI is InChI=1S/C13H16N2O5/c1-7(2)10(12(18)19)15-13(20)14-9-5-3-4-8(6-9)11(16)17/h3-7,10H,1-2H3,(H,16,17)(H,18,19)(H2,14,15,20). The Labute approximate surface area is 115 Å². The van der Waals surface area contributed by atoms with Gasteiger partial charge in [-0.15, -0.1) is 0 Å². The molecule has 0 aromatic heterocycles. The van der Waals surface area contributed by atoms with Gasteiger partial charge in [-0.2, -0.15) is 0 Å². The molecule has 0 heterocycles. The third kappa shape index (κ3) is 4.27. The Balaban J connectivity index is 2.73. The van der Waals surface area contributed by atoms with Gasteiger partial charge in [-0.25, -0.2) is 14.4 Å². The molecule has 0 saturated carbocycles. The Hall–Kier alpha value is -2.57. The number of anilines is 1. The lowest BCUT2D eigenvalue weighted by Crippen LogP contribution is -2.46. The lowest BCUT2D eigenvalue weighted by atomic mass is 10.1. The highest BCUT2D eigenvalue weighted by molar-refractivity contribution is 5.94. The fraction of sp³-hybridized carbons (Fsp3) is 0.308. The monoisotopic (exact) mass is 280 g/mol. The first-order chi connectivity index (χ1) is 9.31. The molecule has 20 heavy (non-hydrogen) atoms. The second-order valence-corrected chi connectivity index (χ2v) is 4.54. The molecule has 0 radical (unpaired) electrons. The van der Waals surface area contributed by atoms with Gasteiger partial charge in [0, 0.05) is 5.69 Å². The summed E-state index contributed by atoms with van der Waals surface area (Å²) < 4.78 is 0. The van der Waals surface area contributed by atoms with E-state index in [-0.39, 0.29) is 17.2 Å². The van der Waals surface area contributed by atoms with E-state index in [1.807, 2.05) is 0 Å². The third-order valence-corrected chi connectivity index (χ3v) is 2.59. The number of carbonyl (C=O) groups is 3. The number of carboxylic acids is 2. The molecule has 0 aliphatic rings. The number of rotatable bonds is 5. The topological polar surface area (TPSA) is 116 Å². The van der Waals surface area contributed by atoms with E-state index >= 15 is 0 Å². The van der Waals surface area contributed by atoms with Crippen molar-refractivity contribution < 1.29 is 24.6 Å². The van der Waals surface area contributed by atoms with E-state index in [2.05, 4.69) is 10.6 Å². The molecule has 1 atom stereocenters. The molecular weight excluding hydrogens is 264 g/mol. The van der Waals surface area contributed by atoms with Crippen molar-refractivity contribution in [3.05, 3.63) is 29.8 Å². The molecule has 108 valence electrons. The van der Waals surface area contributed by atoms with Crippen LogP contribution in [0, 0.1) is 5.92 Å². The maximum Gasteiger partial charge on any atom is 0.335 e. The summed E-state index contributed by atoms with van der Waals surface area (Å²) in [5.74, 6) is -2.52. The molecule has 0 aliphatic heterocycles. The normalized spacial score (nSPS) is 11.8. The predicted molar refractivity (Wildman–Crippen MR) is 71.8 cm³/mol. The van der Waals surface area contributed by atoms with E-state index in [0.717, 1.165) is 0 Å². The first-order valence-corrected chi connectivity index (χ1v) is 5.95. The second kappa shape index (κ2) is 6.55. The highest BCUT2D eigenvalue weighted by atomic mass is 16.4. The molecule has 0 spiro atoms. The van der Waals surface area contributed by atoms with Crippen molar-refractivity contribution in [3.63, 3.8) is 0 Å². The number of hydrogen-bond donors (Lipinski definition) is 4.